The van der Waals surface area contributed by atoms with Gasteiger partial charge in [-0.05, 0) is 19.4 Å². The molecule has 0 aliphatic rings. The molecular formula is C12H18N2O5S. The predicted octanol–water partition coefficient (Wildman–Crippen LogP) is 1.32. The highest BCUT2D eigenvalue weighted by Crippen LogP contribution is 2.33. The van der Waals surface area contributed by atoms with Crippen molar-refractivity contribution in [2.45, 2.75) is 13.8 Å². The van der Waals surface area contributed by atoms with Crippen LogP contribution in [0.25, 0.3) is 0 Å². The number of methoxy groups -OCH3 is 1. The molecule has 0 unspecified atom stereocenters. The van der Waals surface area contributed by atoms with Crippen LogP contribution in [0.2, 0.25) is 0 Å². The molecule has 0 saturated carbocycles. The molecule has 20 heavy (non-hydrogen) atoms. The highest BCUT2D eigenvalue weighted by atomic mass is 32.1. The third-order valence-corrected chi connectivity index (χ3v) is 3.67. The lowest BCUT2D eigenvalue weighted by atomic mass is 10.1. The SMILES string of the molecule is CCOC(=O)c1c(NN)sc(C(=O)OCCOC)c1C. The van der Waals surface area contributed by atoms with Crippen LogP contribution in [0.3, 0.4) is 0 Å². The maximum Gasteiger partial charge on any atom is 0.348 e. The molecule has 0 bridgehead atoms. The van der Waals surface area contributed by atoms with Crippen LogP contribution in [0.15, 0.2) is 0 Å². The highest BCUT2D eigenvalue weighted by molar-refractivity contribution is 7.18. The predicted molar refractivity (Wildman–Crippen MR) is 75.0 cm³/mol. The van der Waals surface area contributed by atoms with Gasteiger partial charge in [-0.15, -0.1) is 11.3 Å². The molecule has 1 heterocycles. The average molecular weight is 302 g/mol. The zero-order chi connectivity index (χ0) is 15.1. The Hall–Kier alpha value is -1.64. The molecule has 1 aromatic rings. The number of nitrogen functional groups attached to an aromatic ring is 1. The van der Waals surface area contributed by atoms with Gasteiger partial charge in [0.25, 0.3) is 0 Å². The van der Waals surface area contributed by atoms with Crippen molar-refractivity contribution in [1.29, 1.82) is 0 Å². The Morgan fingerprint density at radius 3 is 2.50 bits per heavy atom. The fourth-order valence-corrected chi connectivity index (χ4v) is 2.54. The van der Waals surface area contributed by atoms with Crippen molar-refractivity contribution in [3.63, 3.8) is 0 Å². The molecule has 0 aliphatic heterocycles. The van der Waals surface area contributed by atoms with Gasteiger partial charge in [-0.25, -0.2) is 15.4 Å². The second-order valence-corrected chi connectivity index (χ2v) is 4.77. The number of hydrogen-bond acceptors (Lipinski definition) is 8. The van der Waals surface area contributed by atoms with E-state index < -0.39 is 11.9 Å². The number of hydrazine groups is 1. The van der Waals surface area contributed by atoms with Crippen LogP contribution in [0.4, 0.5) is 5.00 Å². The molecule has 0 spiro atoms. The van der Waals surface area contributed by atoms with Crippen LogP contribution in [0.5, 0.6) is 0 Å². The van der Waals surface area contributed by atoms with E-state index in [2.05, 4.69) is 5.43 Å². The summed E-state index contributed by atoms with van der Waals surface area (Å²) in [5.74, 6) is 4.33. The molecule has 112 valence electrons. The Bertz CT molecular complexity index is 486. The van der Waals surface area contributed by atoms with Crippen molar-refractivity contribution in [1.82, 2.24) is 0 Å². The maximum atomic E-state index is 11.9. The minimum absolute atomic E-state index is 0.146. The van der Waals surface area contributed by atoms with Gasteiger partial charge in [-0.1, -0.05) is 0 Å². The molecule has 3 N–H and O–H groups in total. The standard InChI is InChI=1S/C12H18N2O5S/c1-4-18-11(15)8-7(2)9(20-10(8)14-13)12(16)19-6-5-17-3/h14H,4-6,13H2,1-3H3. The summed E-state index contributed by atoms with van der Waals surface area (Å²) in [5.41, 5.74) is 3.16. The zero-order valence-electron chi connectivity index (χ0n) is 11.6. The van der Waals surface area contributed by atoms with E-state index >= 15 is 0 Å². The Kier molecular flexibility index (Phi) is 6.43. The number of rotatable bonds is 7. The van der Waals surface area contributed by atoms with E-state index in [1.807, 2.05) is 0 Å². The Labute approximate surface area is 121 Å². The average Bonchev–Trinajstić information content (AvgIpc) is 2.76. The van der Waals surface area contributed by atoms with Gasteiger partial charge in [-0.2, -0.15) is 0 Å². The first-order valence-electron chi connectivity index (χ1n) is 5.99. The second kappa shape index (κ2) is 7.83. The van der Waals surface area contributed by atoms with Crippen LogP contribution in [0.1, 0.15) is 32.5 Å². The lowest BCUT2D eigenvalue weighted by molar-refractivity contribution is 0.0393. The first kappa shape index (κ1) is 16.4. The fourth-order valence-electron chi connectivity index (χ4n) is 1.54. The molecule has 0 saturated heterocycles. The summed E-state index contributed by atoms with van der Waals surface area (Å²) in [6.07, 6.45) is 0. The van der Waals surface area contributed by atoms with E-state index in [1.54, 1.807) is 13.8 Å². The molecule has 0 radical (unpaired) electrons. The second-order valence-electron chi connectivity index (χ2n) is 3.75. The molecule has 0 atom stereocenters. The maximum absolute atomic E-state index is 11.9. The number of carbonyl (C=O) groups excluding carboxylic acids is 2. The Morgan fingerprint density at radius 1 is 1.25 bits per heavy atom. The van der Waals surface area contributed by atoms with Crippen LogP contribution in [-0.4, -0.2) is 38.9 Å². The van der Waals surface area contributed by atoms with Gasteiger partial charge in [0, 0.05) is 7.11 Å². The lowest BCUT2D eigenvalue weighted by Gasteiger charge is -2.04. The van der Waals surface area contributed by atoms with Crippen molar-refractivity contribution < 1.29 is 23.8 Å². The highest BCUT2D eigenvalue weighted by Gasteiger charge is 2.25. The number of nitrogens with two attached hydrogens (primary N) is 1. The van der Waals surface area contributed by atoms with Gasteiger partial charge in [0.05, 0.1) is 18.8 Å². The number of ether oxygens (including phenoxy) is 3. The normalized spacial score (nSPS) is 10.2. The summed E-state index contributed by atoms with van der Waals surface area (Å²) >= 11 is 1.05. The van der Waals surface area contributed by atoms with Gasteiger partial charge < -0.3 is 19.6 Å². The van der Waals surface area contributed by atoms with Crippen LogP contribution < -0.4 is 11.3 Å². The van der Waals surface area contributed by atoms with Crippen LogP contribution >= 0.6 is 11.3 Å². The molecule has 0 aromatic carbocycles. The van der Waals surface area contributed by atoms with Crippen LogP contribution in [0, 0.1) is 6.92 Å². The zero-order valence-corrected chi connectivity index (χ0v) is 12.5. The van der Waals surface area contributed by atoms with Crippen molar-refractivity contribution in [2.24, 2.45) is 5.84 Å². The number of thiophene rings is 1. The van der Waals surface area contributed by atoms with Gasteiger partial charge in [0.2, 0.25) is 0 Å². The molecule has 1 rings (SSSR count). The van der Waals surface area contributed by atoms with E-state index in [0.29, 0.717) is 22.0 Å². The van der Waals surface area contributed by atoms with Crippen molar-refractivity contribution in [3.05, 3.63) is 16.0 Å². The minimum atomic E-state index is -0.523. The monoisotopic (exact) mass is 302 g/mol. The van der Waals surface area contributed by atoms with E-state index in [-0.39, 0.29) is 18.8 Å². The van der Waals surface area contributed by atoms with E-state index in [9.17, 15) is 9.59 Å². The third-order valence-electron chi connectivity index (χ3n) is 2.46. The fraction of sp³-hybridized carbons (Fsp3) is 0.500. The quantitative estimate of drug-likeness (QED) is 0.339. The first-order chi connectivity index (χ1) is 9.56. The third kappa shape index (κ3) is 3.69. The van der Waals surface area contributed by atoms with Crippen molar-refractivity contribution in [2.75, 3.05) is 32.4 Å². The Balaban J connectivity index is 2.99. The number of esters is 2. The summed E-state index contributed by atoms with van der Waals surface area (Å²) in [4.78, 5) is 24.1. The number of anilines is 1. The van der Waals surface area contributed by atoms with Gasteiger partial charge in [-0.3, -0.25) is 0 Å². The first-order valence-corrected chi connectivity index (χ1v) is 6.81. The lowest BCUT2D eigenvalue weighted by Crippen LogP contribution is -2.13. The molecule has 8 heteroatoms. The smallest absolute Gasteiger partial charge is 0.348 e. The van der Waals surface area contributed by atoms with E-state index in [1.165, 1.54) is 7.11 Å². The summed E-state index contributed by atoms with van der Waals surface area (Å²) in [7, 11) is 1.51. The molecule has 0 amide bonds. The van der Waals surface area contributed by atoms with E-state index in [0.717, 1.165) is 11.3 Å². The number of carbonyl (C=O) groups is 2. The van der Waals surface area contributed by atoms with Crippen LogP contribution in [-0.2, 0) is 14.2 Å². The van der Waals surface area contributed by atoms with Gasteiger partial charge in [0.1, 0.15) is 16.5 Å². The largest absolute Gasteiger partial charge is 0.462 e. The summed E-state index contributed by atoms with van der Waals surface area (Å²) in [6.45, 7) is 4.05. The molecule has 7 nitrogen and oxygen atoms in total. The molecular weight excluding hydrogens is 284 g/mol. The minimum Gasteiger partial charge on any atom is -0.462 e. The summed E-state index contributed by atoms with van der Waals surface area (Å²) in [5, 5.41) is 0.375. The molecule has 0 fully saturated rings. The number of hydrogen-bond donors (Lipinski definition) is 2. The summed E-state index contributed by atoms with van der Waals surface area (Å²) in [6, 6.07) is 0. The van der Waals surface area contributed by atoms with Crippen molar-refractivity contribution in [3.8, 4) is 0 Å². The topological polar surface area (TPSA) is 99.9 Å². The Morgan fingerprint density at radius 2 is 1.95 bits per heavy atom. The number of nitrogens with one attached hydrogen (secondary N) is 1. The summed E-state index contributed by atoms with van der Waals surface area (Å²) < 4.78 is 14.8. The molecule has 1 aromatic heterocycles. The molecule has 0 aliphatic carbocycles. The van der Waals surface area contributed by atoms with Crippen molar-refractivity contribution >= 4 is 28.3 Å². The van der Waals surface area contributed by atoms with Gasteiger partial charge >= 0.3 is 11.9 Å². The van der Waals surface area contributed by atoms with E-state index in [4.69, 9.17) is 20.1 Å². The van der Waals surface area contributed by atoms with Gasteiger partial charge in [0.15, 0.2) is 0 Å².